The average Bonchev–Trinajstić information content (AvgIpc) is 3.23. The number of hydrogen-bond donors (Lipinski definition) is 0. The summed E-state index contributed by atoms with van der Waals surface area (Å²) in [5, 5.41) is 0. The maximum Gasteiger partial charge on any atom is 0.239 e. The van der Waals surface area contributed by atoms with Gasteiger partial charge >= 0.3 is 0 Å². The van der Waals surface area contributed by atoms with Crippen molar-refractivity contribution in [3.63, 3.8) is 0 Å². The number of amides is 2. The summed E-state index contributed by atoms with van der Waals surface area (Å²) >= 11 is 0. The lowest BCUT2D eigenvalue weighted by Gasteiger charge is -2.39. The standard InChI is InChI=1S/C18H32N4O2/c1-14-12-22(15(2)18(24)21-6-4-5-7-21)13-17(14)20-10-8-19(9-11-20)16(3)23/h14-15,17H,4-13H2,1-3H3/t14-,15-,17-/m1/s1. The van der Waals surface area contributed by atoms with Crippen LogP contribution in [-0.2, 0) is 9.59 Å². The van der Waals surface area contributed by atoms with E-state index >= 15 is 0 Å². The van der Waals surface area contributed by atoms with Crippen LogP contribution in [0.5, 0.6) is 0 Å². The maximum absolute atomic E-state index is 12.7. The molecule has 0 bridgehead atoms. The van der Waals surface area contributed by atoms with Crippen molar-refractivity contribution in [2.45, 2.75) is 45.7 Å². The summed E-state index contributed by atoms with van der Waals surface area (Å²) < 4.78 is 0. The van der Waals surface area contributed by atoms with E-state index in [9.17, 15) is 9.59 Å². The molecule has 136 valence electrons. The Labute approximate surface area is 145 Å². The van der Waals surface area contributed by atoms with Crippen molar-refractivity contribution in [3.05, 3.63) is 0 Å². The van der Waals surface area contributed by atoms with Crippen molar-refractivity contribution >= 4 is 11.8 Å². The molecule has 0 aromatic rings. The van der Waals surface area contributed by atoms with Crippen LogP contribution in [0.15, 0.2) is 0 Å². The molecule has 0 radical (unpaired) electrons. The number of hydrogen-bond acceptors (Lipinski definition) is 4. The highest BCUT2D eigenvalue weighted by atomic mass is 16.2. The van der Waals surface area contributed by atoms with E-state index in [0.717, 1.165) is 65.2 Å². The first-order valence-corrected chi connectivity index (χ1v) is 9.49. The van der Waals surface area contributed by atoms with Crippen molar-refractivity contribution in [1.29, 1.82) is 0 Å². The molecule has 3 aliphatic heterocycles. The number of likely N-dealkylation sites (tertiary alicyclic amines) is 2. The second-order valence-corrected chi connectivity index (χ2v) is 7.75. The molecule has 2 amide bonds. The lowest BCUT2D eigenvalue weighted by molar-refractivity contribution is -0.135. The molecule has 3 aliphatic rings. The van der Waals surface area contributed by atoms with Crippen molar-refractivity contribution in [1.82, 2.24) is 19.6 Å². The highest BCUT2D eigenvalue weighted by molar-refractivity contribution is 5.81. The van der Waals surface area contributed by atoms with Gasteiger partial charge in [-0.3, -0.25) is 19.4 Å². The van der Waals surface area contributed by atoms with Crippen LogP contribution in [0.1, 0.15) is 33.6 Å². The van der Waals surface area contributed by atoms with Gasteiger partial charge in [-0.25, -0.2) is 0 Å². The predicted molar refractivity (Wildman–Crippen MR) is 93.6 cm³/mol. The molecule has 0 saturated carbocycles. The van der Waals surface area contributed by atoms with Crippen LogP contribution in [0.2, 0.25) is 0 Å². The van der Waals surface area contributed by atoms with E-state index in [1.165, 1.54) is 0 Å². The van der Waals surface area contributed by atoms with Crippen LogP contribution >= 0.6 is 0 Å². The summed E-state index contributed by atoms with van der Waals surface area (Å²) in [5.74, 6) is 1.06. The Balaban J connectivity index is 1.54. The molecular formula is C18H32N4O2. The van der Waals surface area contributed by atoms with Crippen molar-refractivity contribution in [2.24, 2.45) is 5.92 Å². The molecule has 6 nitrogen and oxygen atoms in total. The van der Waals surface area contributed by atoms with E-state index in [1.807, 2.05) is 9.80 Å². The Kier molecular flexibility index (Phi) is 5.45. The van der Waals surface area contributed by atoms with E-state index in [1.54, 1.807) is 6.92 Å². The molecule has 3 atom stereocenters. The minimum atomic E-state index is -0.00550. The summed E-state index contributed by atoms with van der Waals surface area (Å²) in [7, 11) is 0. The molecule has 6 heteroatoms. The second-order valence-electron chi connectivity index (χ2n) is 7.75. The monoisotopic (exact) mass is 336 g/mol. The largest absolute Gasteiger partial charge is 0.341 e. The zero-order valence-electron chi connectivity index (χ0n) is 15.4. The van der Waals surface area contributed by atoms with Crippen molar-refractivity contribution in [2.75, 3.05) is 52.4 Å². The molecule has 3 saturated heterocycles. The lowest BCUT2D eigenvalue weighted by Crippen LogP contribution is -2.53. The van der Waals surface area contributed by atoms with Crippen LogP contribution < -0.4 is 0 Å². The normalized spacial score (nSPS) is 30.8. The lowest BCUT2D eigenvalue weighted by atomic mass is 10.0. The second kappa shape index (κ2) is 7.40. The fraction of sp³-hybridized carbons (Fsp3) is 0.889. The molecular weight excluding hydrogens is 304 g/mol. The third-order valence-electron chi connectivity index (χ3n) is 6.15. The Morgan fingerprint density at radius 1 is 0.917 bits per heavy atom. The first-order chi connectivity index (χ1) is 11.5. The first-order valence-electron chi connectivity index (χ1n) is 9.49. The molecule has 0 N–H and O–H groups in total. The first kappa shape index (κ1) is 17.7. The summed E-state index contributed by atoms with van der Waals surface area (Å²) in [6.45, 7) is 13.4. The Morgan fingerprint density at radius 3 is 2.12 bits per heavy atom. The van der Waals surface area contributed by atoms with E-state index in [4.69, 9.17) is 0 Å². The van der Waals surface area contributed by atoms with E-state index < -0.39 is 0 Å². The summed E-state index contributed by atoms with van der Waals surface area (Å²) in [4.78, 5) is 33.0. The van der Waals surface area contributed by atoms with Crippen molar-refractivity contribution < 1.29 is 9.59 Å². The highest BCUT2D eigenvalue weighted by Gasteiger charge is 2.39. The number of nitrogens with zero attached hydrogens (tertiary/aromatic N) is 4. The number of rotatable bonds is 3. The topological polar surface area (TPSA) is 47.1 Å². The maximum atomic E-state index is 12.7. The zero-order valence-corrected chi connectivity index (χ0v) is 15.4. The van der Waals surface area contributed by atoms with Crippen LogP contribution in [0.25, 0.3) is 0 Å². The van der Waals surface area contributed by atoms with Gasteiger partial charge in [0.05, 0.1) is 6.04 Å². The quantitative estimate of drug-likeness (QED) is 0.752. The number of carbonyl (C=O) groups excluding carboxylic acids is 2. The van der Waals surface area contributed by atoms with E-state index in [2.05, 4.69) is 23.6 Å². The SMILES string of the molecule is CC(=O)N1CCN([C@@H]2CN([C@H](C)C(=O)N3CCCC3)C[C@H]2C)CC1. The van der Waals surface area contributed by atoms with E-state index in [-0.39, 0.29) is 11.9 Å². The van der Waals surface area contributed by atoms with Gasteiger partial charge in [0.2, 0.25) is 11.8 Å². The highest BCUT2D eigenvalue weighted by Crippen LogP contribution is 2.25. The molecule has 0 aromatic heterocycles. The zero-order chi connectivity index (χ0) is 17.3. The molecule has 3 rings (SSSR count). The molecule has 0 aromatic carbocycles. The van der Waals surface area contributed by atoms with Gasteiger partial charge in [0.1, 0.15) is 0 Å². The van der Waals surface area contributed by atoms with E-state index in [0.29, 0.717) is 17.9 Å². The summed E-state index contributed by atoms with van der Waals surface area (Å²) in [6.07, 6.45) is 2.30. The summed E-state index contributed by atoms with van der Waals surface area (Å²) in [6, 6.07) is 0.502. The number of carbonyl (C=O) groups is 2. The molecule has 3 fully saturated rings. The third-order valence-corrected chi connectivity index (χ3v) is 6.15. The minimum Gasteiger partial charge on any atom is -0.341 e. The smallest absolute Gasteiger partial charge is 0.239 e. The Hall–Kier alpha value is -1.14. The van der Waals surface area contributed by atoms with Gasteiger partial charge in [-0.1, -0.05) is 6.92 Å². The van der Waals surface area contributed by atoms with Crippen LogP contribution in [0.3, 0.4) is 0 Å². The molecule has 0 aliphatic carbocycles. The number of piperazine rings is 1. The average molecular weight is 336 g/mol. The minimum absolute atomic E-state index is 0.00550. The van der Waals surface area contributed by atoms with Crippen LogP contribution in [-0.4, -0.2) is 95.9 Å². The van der Waals surface area contributed by atoms with Crippen LogP contribution in [0.4, 0.5) is 0 Å². The Morgan fingerprint density at radius 2 is 1.54 bits per heavy atom. The van der Waals surface area contributed by atoms with Gasteiger partial charge in [0.25, 0.3) is 0 Å². The third kappa shape index (κ3) is 3.59. The summed E-state index contributed by atoms with van der Waals surface area (Å²) in [5.41, 5.74) is 0. The molecule has 24 heavy (non-hydrogen) atoms. The van der Waals surface area contributed by atoms with Crippen molar-refractivity contribution in [3.8, 4) is 0 Å². The van der Waals surface area contributed by atoms with Gasteiger partial charge in [-0.15, -0.1) is 0 Å². The molecule has 0 unspecified atom stereocenters. The van der Waals surface area contributed by atoms with Gasteiger partial charge in [-0.2, -0.15) is 0 Å². The van der Waals surface area contributed by atoms with Gasteiger partial charge in [0.15, 0.2) is 0 Å². The fourth-order valence-corrected chi connectivity index (χ4v) is 4.50. The van der Waals surface area contributed by atoms with Gasteiger partial charge in [-0.05, 0) is 25.7 Å². The van der Waals surface area contributed by atoms with Gasteiger partial charge in [0, 0.05) is 65.3 Å². The van der Waals surface area contributed by atoms with Gasteiger partial charge < -0.3 is 9.80 Å². The Bertz CT molecular complexity index is 470. The predicted octanol–water partition coefficient (Wildman–Crippen LogP) is 0.482. The molecule has 3 heterocycles. The fourth-order valence-electron chi connectivity index (χ4n) is 4.50. The van der Waals surface area contributed by atoms with Crippen LogP contribution in [0, 0.1) is 5.92 Å². The molecule has 0 spiro atoms.